The van der Waals surface area contributed by atoms with Crippen molar-refractivity contribution in [2.24, 2.45) is 11.3 Å². The van der Waals surface area contributed by atoms with E-state index in [1.807, 2.05) is 19.1 Å². The number of aldehydes is 1. The van der Waals surface area contributed by atoms with E-state index >= 15 is 0 Å². The van der Waals surface area contributed by atoms with E-state index in [-0.39, 0.29) is 5.41 Å². The van der Waals surface area contributed by atoms with Crippen LogP contribution in [0, 0.1) is 11.3 Å². The van der Waals surface area contributed by atoms with Gasteiger partial charge in [-0.1, -0.05) is 30.2 Å². The van der Waals surface area contributed by atoms with Crippen molar-refractivity contribution in [2.45, 2.75) is 27.7 Å². The zero-order valence-electron chi connectivity index (χ0n) is 8.22. The molecule has 1 aliphatic carbocycles. The van der Waals surface area contributed by atoms with E-state index in [1.54, 1.807) is 0 Å². The SMILES string of the molecule is CC1=C(C)C(C)C(C)(C=O)C=C1. The summed E-state index contributed by atoms with van der Waals surface area (Å²) in [5.41, 5.74) is 2.33. The monoisotopic (exact) mass is 164 g/mol. The van der Waals surface area contributed by atoms with Gasteiger partial charge in [-0.2, -0.15) is 0 Å². The van der Waals surface area contributed by atoms with E-state index in [9.17, 15) is 4.79 Å². The molecule has 0 amide bonds. The van der Waals surface area contributed by atoms with Crippen LogP contribution in [-0.2, 0) is 4.79 Å². The third-order valence-corrected chi connectivity index (χ3v) is 3.15. The van der Waals surface area contributed by atoms with E-state index in [0.29, 0.717) is 5.92 Å². The van der Waals surface area contributed by atoms with Crippen molar-refractivity contribution in [2.75, 3.05) is 0 Å². The number of carbonyl (C=O) groups excluding carboxylic acids is 1. The van der Waals surface area contributed by atoms with Crippen LogP contribution < -0.4 is 0 Å². The largest absolute Gasteiger partial charge is 0.302 e. The maximum absolute atomic E-state index is 10.9. The summed E-state index contributed by atoms with van der Waals surface area (Å²) in [6, 6.07) is 0. The van der Waals surface area contributed by atoms with Crippen molar-refractivity contribution in [3.63, 3.8) is 0 Å². The number of carbonyl (C=O) groups is 1. The number of hydrogen-bond acceptors (Lipinski definition) is 1. The van der Waals surface area contributed by atoms with E-state index < -0.39 is 0 Å². The topological polar surface area (TPSA) is 17.1 Å². The van der Waals surface area contributed by atoms with Crippen molar-refractivity contribution in [3.05, 3.63) is 23.3 Å². The third-order valence-electron chi connectivity index (χ3n) is 3.15. The van der Waals surface area contributed by atoms with Gasteiger partial charge in [0.25, 0.3) is 0 Å². The fourth-order valence-corrected chi connectivity index (χ4v) is 1.53. The summed E-state index contributed by atoms with van der Waals surface area (Å²) >= 11 is 0. The maximum Gasteiger partial charge on any atom is 0.130 e. The smallest absolute Gasteiger partial charge is 0.130 e. The zero-order chi connectivity index (χ0) is 9.35. The van der Waals surface area contributed by atoms with Gasteiger partial charge in [0.05, 0.1) is 0 Å². The van der Waals surface area contributed by atoms with Gasteiger partial charge in [-0.3, -0.25) is 0 Å². The van der Waals surface area contributed by atoms with Gasteiger partial charge in [0.15, 0.2) is 0 Å². The summed E-state index contributed by atoms with van der Waals surface area (Å²) in [6.45, 7) is 8.28. The molecule has 1 rings (SSSR count). The molecule has 0 N–H and O–H groups in total. The molecule has 12 heavy (non-hydrogen) atoms. The first-order valence-electron chi connectivity index (χ1n) is 4.34. The Labute approximate surface area is 74.2 Å². The molecule has 0 aliphatic heterocycles. The maximum atomic E-state index is 10.9. The van der Waals surface area contributed by atoms with Gasteiger partial charge in [0.2, 0.25) is 0 Å². The number of hydrogen-bond donors (Lipinski definition) is 0. The molecule has 0 bridgehead atoms. The first kappa shape index (κ1) is 9.24. The summed E-state index contributed by atoms with van der Waals surface area (Å²) in [5.74, 6) is 0.333. The Morgan fingerprint density at radius 2 is 2.08 bits per heavy atom. The van der Waals surface area contributed by atoms with Crippen LogP contribution in [0.25, 0.3) is 0 Å². The molecule has 0 aromatic heterocycles. The second kappa shape index (κ2) is 2.89. The molecular weight excluding hydrogens is 148 g/mol. The van der Waals surface area contributed by atoms with Crippen molar-refractivity contribution < 1.29 is 4.79 Å². The van der Waals surface area contributed by atoms with Crippen molar-refractivity contribution in [3.8, 4) is 0 Å². The van der Waals surface area contributed by atoms with Crippen LogP contribution in [0.2, 0.25) is 0 Å². The Morgan fingerprint density at radius 1 is 1.50 bits per heavy atom. The molecular formula is C11H16O. The quantitative estimate of drug-likeness (QED) is 0.544. The first-order valence-corrected chi connectivity index (χ1v) is 4.34. The second-order valence-corrected chi connectivity index (χ2v) is 3.90. The van der Waals surface area contributed by atoms with Crippen LogP contribution in [-0.4, -0.2) is 6.29 Å². The lowest BCUT2D eigenvalue weighted by Crippen LogP contribution is -2.28. The third kappa shape index (κ3) is 1.24. The minimum Gasteiger partial charge on any atom is -0.302 e. The summed E-state index contributed by atoms with van der Waals surface area (Å²) in [5, 5.41) is 0. The molecule has 0 aromatic carbocycles. The lowest BCUT2D eigenvalue weighted by atomic mass is 9.71. The molecule has 1 nitrogen and oxygen atoms in total. The minimum absolute atomic E-state index is 0.288. The van der Waals surface area contributed by atoms with E-state index in [1.165, 1.54) is 11.1 Å². The van der Waals surface area contributed by atoms with E-state index in [4.69, 9.17) is 0 Å². The van der Waals surface area contributed by atoms with Crippen molar-refractivity contribution in [1.82, 2.24) is 0 Å². The Bertz CT molecular complexity index is 260. The fourth-order valence-electron chi connectivity index (χ4n) is 1.53. The van der Waals surface area contributed by atoms with Gasteiger partial charge in [-0.25, -0.2) is 0 Å². The molecule has 2 unspecified atom stereocenters. The molecule has 0 radical (unpaired) electrons. The predicted molar refractivity (Wildman–Crippen MR) is 50.8 cm³/mol. The van der Waals surface area contributed by atoms with E-state index in [0.717, 1.165) is 6.29 Å². The summed E-state index contributed by atoms with van der Waals surface area (Å²) in [4.78, 5) is 10.9. The Balaban J connectivity index is 3.07. The van der Waals surface area contributed by atoms with Gasteiger partial charge in [-0.15, -0.1) is 0 Å². The summed E-state index contributed by atoms with van der Waals surface area (Å²) in [7, 11) is 0. The molecule has 0 saturated heterocycles. The zero-order valence-corrected chi connectivity index (χ0v) is 8.22. The molecule has 0 heterocycles. The standard InChI is InChI=1S/C11H16O/c1-8-5-6-11(4,7-12)10(3)9(8)2/h5-7,10H,1-4H3. The first-order chi connectivity index (χ1) is 5.51. The van der Waals surface area contributed by atoms with E-state index in [2.05, 4.69) is 20.8 Å². The number of allylic oxidation sites excluding steroid dienone is 4. The molecule has 1 heteroatoms. The van der Waals surface area contributed by atoms with Crippen LogP contribution in [0.3, 0.4) is 0 Å². The molecule has 0 aromatic rings. The lowest BCUT2D eigenvalue weighted by Gasteiger charge is -2.32. The van der Waals surface area contributed by atoms with Crippen LogP contribution in [0.15, 0.2) is 23.3 Å². The highest BCUT2D eigenvalue weighted by Gasteiger charge is 2.31. The Kier molecular flexibility index (Phi) is 2.22. The highest BCUT2D eigenvalue weighted by Crippen LogP contribution is 2.37. The highest BCUT2D eigenvalue weighted by atomic mass is 16.1. The lowest BCUT2D eigenvalue weighted by molar-refractivity contribution is -0.114. The van der Waals surface area contributed by atoms with Crippen molar-refractivity contribution in [1.29, 1.82) is 0 Å². The minimum atomic E-state index is -0.288. The van der Waals surface area contributed by atoms with Crippen molar-refractivity contribution >= 4 is 6.29 Å². The van der Waals surface area contributed by atoms with Gasteiger partial charge in [-0.05, 0) is 26.7 Å². The number of rotatable bonds is 1. The highest BCUT2D eigenvalue weighted by molar-refractivity contribution is 5.65. The molecule has 0 spiro atoms. The van der Waals surface area contributed by atoms with Crippen LogP contribution in [0.4, 0.5) is 0 Å². The average Bonchev–Trinajstić information content (AvgIpc) is 2.09. The summed E-state index contributed by atoms with van der Waals surface area (Å²) in [6.07, 6.45) is 5.10. The average molecular weight is 164 g/mol. The predicted octanol–water partition coefficient (Wildman–Crippen LogP) is 2.73. The van der Waals surface area contributed by atoms with Crippen LogP contribution >= 0.6 is 0 Å². The molecule has 0 fully saturated rings. The Morgan fingerprint density at radius 3 is 2.58 bits per heavy atom. The second-order valence-electron chi connectivity index (χ2n) is 3.90. The molecule has 1 aliphatic rings. The fraction of sp³-hybridized carbons (Fsp3) is 0.545. The molecule has 66 valence electrons. The molecule has 0 saturated carbocycles. The molecule has 2 atom stereocenters. The van der Waals surface area contributed by atoms with Gasteiger partial charge >= 0.3 is 0 Å². The Hall–Kier alpha value is -0.850. The van der Waals surface area contributed by atoms with Crippen LogP contribution in [0.5, 0.6) is 0 Å². The van der Waals surface area contributed by atoms with Gasteiger partial charge in [0.1, 0.15) is 6.29 Å². The van der Waals surface area contributed by atoms with Crippen LogP contribution in [0.1, 0.15) is 27.7 Å². The normalized spacial score (nSPS) is 35.5. The van der Waals surface area contributed by atoms with Gasteiger partial charge in [0, 0.05) is 5.41 Å². The summed E-state index contributed by atoms with van der Waals surface area (Å²) < 4.78 is 0. The van der Waals surface area contributed by atoms with Gasteiger partial charge < -0.3 is 4.79 Å².